The molecule has 1 atom stereocenters. The summed E-state index contributed by atoms with van der Waals surface area (Å²) in [6, 6.07) is 16.6. The number of phenolic OH excluding ortho intramolecular Hbond substituents is 1. The minimum absolute atomic E-state index is 0.0238. The van der Waals surface area contributed by atoms with Gasteiger partial charge in [-0.3, -0.25) is 14.9 Å². The van der Waals surface area contributed by atoms with Crippen molar-refractivity contribution in [2.45, 2.75) is 6.04 Å². The Morgan fingerprint density at radius 1 is 1.10 bits per heavy atom. The van der Waals surface area contributed by atoms with Crippen LogP contribution in [0.15, 0.2) is 77.9 Å². The Morgan fingerprint density at radius 3 is 2.47 bits per heavy atom. The van der Waals surface area contributed by atoms with Crippen LogP contribution in [0.5, 0.6) is 5.75 Å². The molecule has 1 amide bonds. The molecular weight excluding hydrogens is 391 g/mol. The van der Waals surface area contributed by atoms with Crippen LogP contribution in [0.3, 0.4) is 0 Å². The molecule has 0 saturated carbocycles. The van der Waals surface area contributed by atoms with Gasteiger partial charge in [0, 0.05) is 12.1 Å². The number of hydrogen-bond donors (Lipinski definition) is 3. The predicted molar refractivity (Wildman–Crippen MR) is 110 cm³/mol. The minimum Gasteiger partial charge on any atom is -0.506 e. The van der Waals surface area contributed by atoms with E-state index in [9.17, 15) is 24.4 Å². The maximum Gasteiger partial charge on any atom is 0.271 e. The number of phenols is 1. The standard InChI is InChI=1S/C21H17FN4O4/c22-16-8-6-14(7-9-16)13-23-25-21(28)20(15-4-2-1-3-5-15)24-18-12-17(26(29)30)10-11-19(18)27/h1-13,20,24,27H,(H,25,28)/b23-13-/t20-/m1/s1. The third-order valence-corrected chi connectivity index (χ3v) is 4.14. The molecule has 0 saturated heterocycles. The first-order valence-electron chi connectivity index (χ1n) is 8.81. The number of hydrazone groups is 1. The van der Waals surface area contributed by atoms with Crippen molar-refractivity contribution in [3.63, 3.8) is 0 Å². The zero-order valence-electron chi connectivity index (χ0n) is 15.5. The van der Waals surface area contributed by atoms with Crippen molar-refractivity contribution in [3.05, 3.63) is 99.9 Å². The normalized spacial score (nSPS) is 11.8. The highest BCUT2D eigenvalue weighted by atomic mass is 19.1. The second kappa shape index (κ2) is 9.28. The number of carbonyl (C=O) groups is 1. The number of anilines is 1. The van der Waals surface area contributed by atoms with E-state index in [0.29, 0.717) is 11.1 Å². The van der Waals surface area contributed by atoms with Crippen LogP contribution in [0.1, 0.15) is 17.2 Å². The molecule has 3 aromatic carbocycles. The number of nitro groups is 1. The van der Waals surface area contributed by atoms with Crippen molar-refractivity contribution in [1.82, 2.24) is 5.43 Å². The first-order valence-corrected chi connectivity index (χ1v) is 8.81. The molecule has 9 heteroatoms. The van der Waals surface area contributed by atoms with E-state index < -0.39 is 16.9 Å². The lowest BCUT2D eigenvalue weighted by molar-refractivity contribution is -0.384. The van der Waals surface area contributed by atoms with Gasteiger partial charge in [0.05, 0.1) is 16.8 Å². The molecule has 3 rings (SSSR count). The molecule has 152 valence electrons. The lowest BCUT2D eigenvalue weighted by Gasteiger charge is -2.19. The Labute approximate surface area is 170 Å². The summed E-state index contributed by atoms with van der Waals surface area (Å²) in [4.78, 5) is 23.2. The summed E-state index contributed by atoms with van der Waals surface area (Å²) in [5.41, 5.74) is 3.30. The van der Waals surface area contributed by atoms with E-state index in [1.807, 2.05) is 0 Å². The molecule has 0 radical (unpaired) electrons. The Kier molecular flexibility index (Phi) is 6.33. The van der Waals surface area contributed by atoms with Gasteiger partial charge in [0.1, 0.15) is 17.6 Å². The molecule has 0 aliphatic rings. The van der Waals surface area contributed by atoms with Crippen LogP contribution in [0.2, 0.25) is 0 Å². The van der Waals surface area contributed by atoms with Gasteiger partial charge in [-0.1, -0.05) is 42.5 Å². The Bertz CT molecular complexity index is 1070. The van der Waals surface area contributed by atoms with Gasteiger partial charge in [-0.05, 0) is 29.3 Å². The van der Waals surface area contributed by atoms with Crippen molar-refractivity contribution in [3.8, 4) is 5.75 Å². The van der Waals surface area contributed by atoms with Crippen LogP contribution in [-0.2, 0) is 4.79 Å². The van der Waals surface area contributed by atoms with Crippen molar-refractivity contribution in [2.75, 3.05) is 5.32 Å². The molecule has 0 heterocycles. The first kappa shape index (κ1) is 20.5. The number of non-ortho nitro benzene ring substituents is 1. The van der Waals surface area contributed by atoms with E-state index in [1.165, 1.54) is 36.5 Å². The topological polar surface area (TPSA) is 117 Å². The Balaban J connectivity index is 1.82. The summed E-state index contributed by atoms with van der Waals surface area (Å²) in [7, 11) is 0. The molecule has 8 nitrogen and oxygen atoms in total. The third-order valence-electron chi connectivity index (χ3n) is 4.14. The van der Waals surface area contributed by atoms with Gasteiger partial charge in [-0.25, -0.2) is 9.82 Å². The van der Waals surface area contributed by atoms with Gasteiger partial charge in [-0.15, -0.1) is 0 Å². The van der Waals surface area contributed by atoms with Crippen LogP contribution in [0.4, 0.5) is 15.8 Å². The summed E-state index contributed by atoms with van der Waals surface area (Å²) in [5, 5.41) is 27.8. The van der Waals surface area contributed by atoms with E-state index in [-0.39, 0.29) is 22.9 Å². The Morgan fingerprint density at radius 2 is 1.80 bits per heavy atom. The van der Waals surface area contributed by atoms with Crippen LogP contribution >= 0.6 is 0 Å². The maximum atomic E-state index is 13.0. The molecule has 0 aliphatic heterocycles. The Hall–Kier alpha value is -4.27. The summed E-state index contributed by atoms with van der Waals surface area (Å²) in [6.07, 6.45) is 1.35. The van der Waals surface area contributed by atoms with E-state index in [1.54, 1.807) is 30.3 Å². The number of rotatable bonds is 7. The molecule has 0 aromatic heterocycles. The van der Waals surface area contributed by atoms with Crippen molar-refractivity contribution < 1.29 is 19.2 Å². The highest BCUT2D eigenvalue weighted by molar-refractivity contribution is 5.88. The number of halogens is 1. The van der Waals surface area contributed by atoms with Crippen LogP contribution in [0.25, 0.3) is 0 Å². The zero-order chi connectivity index (χ0) is 21.5. The second-order valence-electron chi connectivity index (χ2n) is 6.23. The summed E-state index contributed by atoms with van der Waals surface area (Å²) < 4.78 is 13.0. The molecule has 3 aromatic rings. The molecular formula is C21H17FN4O4. The molecule has 0 aliphatic carbocycles. The van der Waals surface area contributed by atoms with Gasteiger partial charge in [0.15, 0.2) is 0 Å². The highest BCUT2D eigenvalue weighted by Gasteiger charge is 2.22. The number of amides is 1. The van der Waals surface area contributed by atoms with Gasteiger partial charge in [-0.2, -0.15) is 5.10 Å². The quantitative estimate of drug-likeness (QED) is 0.238. The number of benzene rings is 3. The van der Waals surface area contributed by atoms with E-state index in [2.05, 4.69) is 15.8 Å². The second-order valence-corrected chi connectivity index (χ2v) is 6.23. The minimum atomic E-state index is -0.996. The fraction of sp³-hybridized carbons (Fsp3) is 0.0476. The third kappa shape index (κ3) is 5.16. The SMILES string of the molecule is O=C(N/N=C\c1ccc(F)cc1)[C@H](Nc1cc([N+](=O)[O-])ccc1O)c1ccccc1. The number of nitro benzene ring substituents is 1. The van der Waals surface area contributed by atoms with Gasteiger partial charge >= 0.3 is 0 Å². The van der Waals surface area contributed by atoms with Crippen molar-refractivity contribution >= 4 is 23.5 Å². The molecule has 0 unspecified atom stereocenters. The van der Waals surface area contributed by atoms with Gasteiger partial charge < -0.3 is 10.4 Å². The molecule has 30 heavy (non-hydrogen) atoms. The van der Waals surface area contributed by atoms with Gasteiger partial charge in [0.25, 0.3) is 11.6 Å². The van der Waals surface area contributed by atoms with Gasteiger partial charge in [0.2, 0.25) is 0 Å². The number of carbonyl (C=O) groups excluding carboxylic acids is 1. The van der Waals surface area contributed by atoms with Crippen LogP contribution < -0.4 is 10.7 Å². The smallest absolute Gasteiger partial charge is 0.271 e. The average Bonchev–Trinajstić information content (AvgIpc) is 2.75. The number of hydrogen-bond acceptors (Lipinski definition) is 6. The monoisotopic (exact) mass is 408 g/mol. The van der Waals surface area contributed by atoms with E-state index in [4.69, 9.17) is 0 Å². The fourth-order valence-electron chi connectivity index (χ4n) is 2.64. The molecule has 0 fully saturated rings. The lowest BCUT2D eigenvalue weighted by Crippen LogP contribution is -2.30. The summed E-state index contributed by atoms with van der Waals surface area (Å²) in [6.45, 7) is 0. The molecule has 3 N–H and O–H groups in total. The maximum absolute atomic E-state index is 13.0. The number of nitrogens with zero attached hydrogens (tertiary/aromatic N) is 2. The van der Waals surface area contributed by atoms with Crippen molar-refractivity contribution in [1.29, 1.82) is 0 Å². The lowest BCUT2D eigenvalue weighted by atomic mass is 10.1. The predicted octanol–water partition coefficient (Wildman–Crippen LogP) is 3.74. The van der Waals surface area contributed by atoms with Crippen LogP contribution in [0, 0.1) is 15.9 Å². The van der Waals surface area contributed by atoms with Crippen molar-refractivity contribution in [2.24, 2.45) is 5.10 Å². The fourth-order valence-corrected chi connectivity index (χ4v) is 2.64. The van der Waals surface area contributed by atoms with Crippen LogP contribution in [-0.4, -0.2) is 22.2 Å². The summed E-state index contributed by atoms with van der Waals surface area (Å²) in [5.74, 6) is -1.20. The number of nitrogens with one attached hydrogen (secondary N) is 2. The molecule has 0 bridgehead atoms. The average molecular weight is 408 g/mol. The molecule has 0 spiro atoms. The summed E-state index contributed by atoms with van der Waals surface area (Å²) >= 11 is 0. The zero-order valence-corrected chi connectivity index (χ0v) is 15.5. The van der Waals surface area contributed by atoms with E-state index in [0.717, 1.165) is 12.1 Å². The first-order chi connectivity index (χ1) is 14.4. The number of aromatic hydroxyl groups is 1. The highest BCUT2D eigenvalue weighted by Crippen LogP contribution is 2.31. The van der Waals surface area contributed by atoms with E-state index >= 15 is 0 Å². The largest absolute Gasteiger partial charge is 0.506 e.